The summed E-state index contributed by atoms with van der Waals surface area (Å²) in [7, 11) is 0. The average Bonchev–Trinajstić information content (AvgIpc) is 2.90. The van der Waals surface area contributed by atoms with Gasteiger partial charge in [-0.15, -0.1) is 0 Å². The van der Waals surface area contributed by atoms with Gasteiger partial charge in [0.1, 0.15) is 0 Å². The summed E-state index contributed by atoms with van der Waals surface area (Å²) in [4.78, 5) is 0. The van der Waals surface area contributed by atoms with Crippen molar-refractivity contribution in [3.63, 3.8) is 0 Å². The molecule has 0 saturated heterocycles. The van der Waals surface area contributed by atoms with Crippen molar-refractivity contribution in [2.45, 2.75) is 12.5 Å². The number of benzene rings is 3. The summed E-state index contributed by atoms with van der Waals surface area (Å²) in [6.07, 6.45) is 0.931. The lowest BCUT2D eigenvalue weighted by molar-refractivity contribution is 0.832. The molecule has 0 amide bonds. The quantitative estimate of drug-likeness (QED) is 0.593. The van der Waals surface area contributed by atoms with Crippen molar-refractivity contribution < 1.29 is 0 Å². The van der Waals surface area contributed by atoms with E-state index in [4.69, 9.17) is 23.2 Å². The minimum absolute atomic E-state index is 0.264. The van der Waals surface area contributed by atoms with E-state index in [2.05, 4.69) is 47.8 Å². The van der Waals surface area contributed by atoms with Crippen LogP contribution in [0.5, 0.6) is 0 Å². The minimum Gasteiger partial charge on any atom is -0.378 e. The zero-order valence-electron chi connectivity index (χ0n) is 11.2. The summed E-state index contributed by atoms with van der Waals surface area (Å²) in [5.74, 6) is 0. The number of hydrogen-bond donors (Lipinski definition) is 1. The summed E-state index contributed by atoms with van der Waals surface area (Å²) >= 11 is 12.2. The molecule has 21 heavy (non-hydrogen) atoms. The number of fused-ring (bicyclic) bond motifs is 2. The molecule has 0 bridgehead atoms. The lowest BCUT2D eigenvalue weighted by Crippen LogP contribution is -2.06. The van der Waals surface area contributed by atoms with Gasteiger partial charge in [-0.1, -0.05) is 65.7 Å². The van der Waals surface area contributed by atoms with Gasteiger partial charge in [0, 0.05) is 5.69 Å². The first-order valence-electron chi connectivity index (χ1n) is 6.94. The van der Waals surface area contributed by atoms with E-state index < -0.39 is 0 Å². The highest BCUT2D eigenvalue weighted by molar-refractivity contribution is 6.42. The van der Waals surface area contributed by atoms with E-state index in [1.165, 1.54) is 21.9 Å². The van der Waals surface area contributed by atoms with Gasteiger partial charge in [0.05, 0.1) is 16.1 Å². The van der Waals surface area contributed by atoms with E-state index in [0.29, 0.717) is 10.0 Å². The van der Waals surface area contributed by atoms with Crippen molar-refractivity contribution in [1.82, 2.24) is 0 Å². The number of hydrogen-bond acceptors (Lipinski definition) is 1. The maximum atomic E-state index is 6.12. The predicted molar refractivity (Wildman–Crippen MR) is 90.5 cm³/mol. The van der Waals surface area contributed by atoms with Crippen LogP contribution in [-0.4, -0.2) is 0 Å². The monoisotopic (exact) mass is 313 g/mol. The van der Waals surface area contributed by atoms with Gasteiger partial charge in [-0.05, 0) is 40.5 Å². The zero-order valence-corrected chi connectivity index (χ0v) is 12.7. The van der Waals surface area contributed by atoms with E-state index in [-0.39, 0.29) is 6.04 Å². The lowest BCUT2D eigenvalue weighted by Gasteiger charge is -2.14. The van der Waals surface area contributed by atoms with E-state index >= 15 is 0 Å². The Bertz CT molecular complexity index is 805. The molecular weight excluding hydrogens is 301 g/mol. The highest BCUT2D eigenvalue weighted by Crippen LogP contribution is 2.40. The molecule has 1 aliphatic heterocycles. The molecule has 104 valence electrons. The lowest BCUT2D eigenvalue weighted by atomic mass is 9.97. The largest absolute Gasteiger partial charge is 0.378 e. The number of rotatable bonds is 1. The van der Waals surface area contributed by atoms with Gasteiger partial charge in [0.15, 0.2) is 0 Å². The van der Waals surface area contributed by atoms with E-state index in [9.17, 15) is 0 Å². The third kappa shape index (κ3) is 2.17. The van der Waals surface area contributed by atoms with Crippen LogP contribution in [-0.2, 0) is 6.42 Å². The summed E-state index contributed by atoms with van der Waals surface area (Å²) in [5, 5.41) is 7.35. The summed E-state index contributed by atoms with van der Waals surface area (Å²) in [6.45, 7) is 0. The van der Waals surface area contributed by atoms with Crippen LogP contribution in [0, 0.1) is 0 Å². The van der Waals surface area contributed by atoms with Gasteiger partial charge in [0.25, 0.3) is 0 Å². The van der Waals surface area contributed by atoms with Gasteiger partial charge in [0.2, 0.25) is 0 Å². The third-order valence-corrected chi connectivity index (χ3v) is 4.82. The Labute approximate surface area is 133 Å². The summed E-state index contributed by atoms with van der Waals surface area (Å²) < 4.78 is 0. The molecule has 0 fully saturated rings. The first-order valence-corrected chi connectivity index (χ1v) is 7.70. The fraction of sp³-hybridized carbons (Fsp3) is 0.111. The maximum Gasteiger partial charge on any atom is 0.0613 e. The molecule has 4 rings (SSSR count). The van der Waals surface area contributed by atoms with E-state index in [0.717, 1.165) is 12.1 Å². The number of nitrogens with one attached hydrogen (secondary N) is 1. The molecule has 1 unspecified atom stereocenters. The fourth-order valence-corrected chi connectivity index (χ4v) is 3.44. The van der Waals surface area contributed by atoms with Crippen molar-refractivity contribution in [1.29, 1.82) is 0 Å². The number of anilines is 1. The normalized spacial score (nSPS) is 16.8. The van der Waals surface area contributed by atoms with Crippen LogP contribution in [0.25, 0.3) is 10.8 Å². The fourth-order valence-electron chi connectivity index (χ4n) is 3.09. The molecule has 0 saturated carbocycles. The second kappa shape index (κ2) is 4.94. The van der Waals surface area contributed by atoms with Gasteiger partial charge in [-0.3, -0.25) is 0 Å². The minimum atomic E-state index is 0.264. The van der Waals surface area contributed by atoms with Crippen LogP contribution in [0.15, 0.2) is 54.6 Å². The predicted octanol–water partition coefficient (Wildman–Crippen LogP) is 5.86. The van der Waals surface area contributed by atoms with Gasteiger partial charge >= 0.3 is 0 Å². The second-order valence-electron chi connectivity index (χ2n) is 5.39. The smallest absolute Gasteiger partial charge is 0.0613 e. The van der Waals surface area contributed by atoms with Crippen LogP contribution in [0.3, 0.4) is 0 Å². The first-order chi connectivity index (χ1) is 10.2. The van der Waals surface area contributed by atoms with Crippen LogP contribution in [0.1, 0.15) is 17.2 Å². The summed E-state index contributed by atoms with van der Waals surface area (Å²) in [5.41, 5.74) is 3.63. The molecule has 0 spiro atoms. The molecular formula is C18H13Cl2N. The highest BCUT2D eigenvalue weighted by atomic mass is 35.5. The Balaban J connectivity index is 1.79. The molecule has 1 N–H and O–H groups in total. The molecule has 0 aromatic heterocycles. The van der Waals surface area contributed by atoms with Crippen molar-refractivity contribution in [3.8, 4) is 0 Å². The molecule has 1 heterocycles. The van der Waals surface area contributed by atoms with Crippen LogP contribution < -0.4 is 5.32 Å². The Morgan fingerprint density at radius 3 is 2.57 bits per heavy atom. The Kier molecular flexibility index (Phi) is 3.06. The van der Waals surface area contributed by atoms with Crippen LogP contribution in [0.2, 0.25) is 10.0 Å². The van der Waals surface area contributed by atoms with Gasteiger partial charge in [-0.25, -0.2) is 0 Å². The van der Waals surface area contributed by atoms with Gasteiger partial charge in [-0.2, -0.15) is 0 Å². The highest BCUT2D eigenvalue weighted by Gasteiger charge is 2.24. The standard InChI is InChI=1S/C18H13Cl2N/c19-15-8-12-9-18(21-17(12)10-16(15)20)14-7-3-5-11-4-1-2-6-13(11)14/h1-8,10,18,21H,9H2. The molecule has 0 radical (unpaired) electrons. The zero-order chi connectivity index (χ0) is 14.4. The molecule has 3 aromatic rings. The van der Waals surface area contributed by atoms with Crippen molar-refractivity contribution in [2.24, 2.45) is 0 Å². The summed E-state index contributed by atoms with van der Waals surface area (Å²) in [6, 6.07) is 19.1. The Hall–Kier alpha value is -1.70. The van der Waals surface area contributed by atoms with E-state index in [1.807, 2.05) is 12.1 Å². The van der Waals surface area contributed by atoms with Crippen molar-refractivity contribution in [2.75, 3.05) is 5.32 Å². The molecule has 3 heteroatoms. The molecule has 3 aromatic carbocycles. The molecule has 1 nitrogen and oxygen atoms in total. The molecule has 0 aliphatic carbocycles. The van der Waals surface area contributed by atoms with Gasteiger partial charge < -0.3 is 5.32 Å². The number of halogens is 2. The van der Waals surface area contributed by atoms with Crippen LogP contribution >= 0.6 is 23.2 Å². The molecule has 1 atom stereocenters. The Morgan fingerprint density at radius 1 is 0.905 bits per heavy atom. The average molecular weight is 314 g/mol. The third-order valence-electron chi connectivity index (χ3n) is 4.10. The molecule has 1 aliphatic rings. The SMILES string of the molecule is Clc1cc2c(cc1Cl)NC(c1cccc3ccccc13)C2. The first kappa shape index (κ1) is 13.0. The van der Waals surface area contributed by atoms with Crippen molar-refractivity contribution >= 4 is 39.7 Å². The maximum absolute atomic E-state index is 6.12. The van der Waals surface area contributed by atoms with Crippen LogP contribution in [0.4, 0.5) is 5.69 Å². The van der Waals surface area contributed by atoms with Crippen molar-refractivity contribution in [3.05, 3.63) is 75.8 Å². The van der Waals surface area contributed by atoms with E-state index in [1.54, 1.807) is 0 Å². The topological polar surface area (TPSA) is 12.0 Å². The Morgan fingerprint density at radius 2 is 1.67 bits per heavy atom. The second-order valence-corrected chi connectivity index (χ2v) is 6.21.